The smallest absolute Gasteiger partial charge is 0.340 e. The van der Waals surface area contributed by atoms with Crippen molar-refractivity contribution in [3.63, 3.8) is 0 Å². The maximum Gasteiger partial charge on any atom is 0.340 e. The summed E-state index contributed by atoms with van der Waals surface area (Å²) in [5.74, 6) is -0.924. The van der Waals surface area contributed by atoms with Gasteiger partial charge < -0.3 is 14.4 Å². The quantitative estimate of drug-likeness (QED) is 0.538. The van der Waals surface area contributed by atoms with Crippen molar-refractivity contribution in [2.75, 3.05) is 13.2 Å². The number of aromatic nitrogens is 1. The molecule has 0 radical (unpaired) electrons. The van der Waals surface area contributed by atoms with E-state index in [4.69, 9.17) is 9.47 Å². The van der Waals surface area contributed by atoms with Crippen LogP contribution in [0.3, 0.4) is 0 Å². The monoisotopic (exact) mass is 374 g/mol. The lowest BCUT2D eigenvalue weighted by Crippen LogP contribution is -2.44. The molecule has 1 saturated carbocycles. The highest BCUT2D eigenvalue weighted by Gasteiger charge is 2.57. The summed E-state index contributed by atoms with van der Waals surface area (Å²) in [4.78, 5) is 43.8. The lowest BCUT2D eigenvalue weighted by molar-refractivity contribution is -0.148. The summed E-state index contributed by atoms with van der Waals surface area (Å²) in [6.07, 6.45) is 4.62. The molecule has 0 bridgehead atoms. The van der Waals surface area contributed by atoms with Gasteiger partial charge in [0.05, 0.1) is 24.3 Å². The Hall–Kier alpha value is -2.44. The van der Waals surface area contributed by atoms with Crippen LogP contribution < -0.4 is 0 Å². The zero-order valence-corrected chi connectivity index (χ0v) is 16.1. The number of nitrogens with zero attached hydrogens (tertiary/aromatic N) is 2. The van der Waals surface area contributed by atoms with Gasteiger partial charge in [-0.3, -0.25) is 9.78 Å². The van der Waals surface area contributed by atoms with Crippen molar-refractivity contribution in [2.24, 2.45) is 5.92 Å². The number of piperidine rings is 1. The number of rotatable bonds is 7. The van der Waals surface area contributed by atoms with Crippen molar-refractivity contribution in [1.29, 1.82) is 0 Å². The van der Waals surface area contributed by atoms with Crippen molar-refractivity contribution >= 4 is 17.8 Å². The van der Waals surface area contributed by atoms with Crippen molar-refractivity contribution in [3.05, 3.63) is 29.1 Å². The number of unbranched alkanes of at least 4 members (excludes halogenated alkanes) is 1. The van der Waals surface area contributed by atoms with E-state index in [-0.39, 0.29) is 35.7 Å². The van der Waals surface area contributed by atoms with Crippen LogP contribution in [0.15, 0.2) is 12.3 Å². The number of hydrogen-bond donors (Lipinski definition) is 0. The van der Waals surface area contributed by atoms with E-state index in [1.807, 2.05) is 6.92 Å². The number of hydrogen-bond acceptors (Lipinski definition) is 6. The van der Waals surface area contributed by atoms with Crippen molar-refractivity contribution in [1.82, 2.24) is 9.88 Å². The largest absolute Gasteiger partial charge is 0.464 e. The Labute approximate surface area is 159 Å². The molecule has 1 saturated heterocycles. The number of fused-ring (bicyclic) bond motifs is 1. The first kappa shape index (κ1) is 19.3. The van der Waals surface area contributed by atoms with Crippen LogP contribution in [-0.2, 0) is 14.3 Å². The maximum atomic E-state index is 13.3. The highest BCUT2D eigenvalue weighted by molar-refractivity contribution is 6.06. The van der Waals surface area contributed by atoms with E-state index in [2.05, 4.69) is 4.98 Å². The molecule has 1 aromatic rings. The van der Waals surface area contributed by atoms with E-state index >= 15 is 0 Å². The zero-order chi connectivity index (χ0) is 19.6. The summed E-state index contributed by atoms with van der Waals surface area (Å²) in [5, 5.41) is 0. The number of carbonyl (C=O) groups is 3. The van der Waals surface area contributed by atoms with Crippen molar-refractivity contribution in [3.8, 4) is 0 Å². The first-order chi connectivity index (χ1) is 13.0. The molecule has 1 aliphatic carbocycles. The highest BCUT2D eigenvalue weighted by Crippen LogP contribution is 2.48. The van der Waals surface area contributed by atoms with Crippen LogP contribution in [0.25, 0.3) is 0 Å². The number of carbonyl (C=O) groups excluding carboxylic acids is 3. The van der Waals surface area contributed by atoms with Gasteiger partial charge in [-0.25, -0.2) is 9.59 Å². The molecule has 3 rings (SSSR count). The SMILES string of the molecule is CCCCOC(=O)[C@H]1C[C@H]2C[C@H]2N1C(=O)c1cc(C)ncc1C(=O)OCC. The van der Waals surface area contributed by atoms with Gasteiger partial charge >= 0.3 is 11.9 Å². The second kappa shape index (κ2) is 8.06. The predicted molar refractivity (Wildman–Crippen MR) is 97.3 cm³/mol. The summed E-state index contributed by atoms with van der Waals surface area (Å²) in [7, 11) is 0. The minimum absolute atomic E-state index is 0.0461. The van der Waals surface area contributed by atoms with E-state index in [0.717, 1.165) is 19.3 Å². The summed E-state index contributed by atoms with van der Waals surface area (Å²) < 4.78 is 10.4. The predicted octanol–water partition coefficient (Wildman–Crippen LogP) is 2.51. The maximum absolute atomic E-state index is 13.3. The Morgan fingerprint density at radius 2 is 1.96 bits per heavy atom. The van der Waals surface area contributed by atoms with Crippen LogP contribution >= 0.6 is 0 Å². The summed E-state index contributed by atoms with van der Waals surface area (Å²) in [6, 6.07) is 1.05. The zero-order valence-electron chi connectivity index (χ0n) is 16.1. The Bertz CT molecular complexity index is 748. The molecule has 2 aliphatic rings. The molecule has 3 atom stereocenters. The van der Waals surface area contributed by atoms with Gasteiger partial charge in [0.2, 0.25) is 0 Å². The minimum Gasteiger partial charge on any atom is -0.464 e. The fourth-order valence-corrected chi connectivity index (χ4v) is 3.62. The van der Waals surface area contributed by atoms with Crippen LogP contribution in [0.5, 0.6) is 0 Å². The van der Waals surface area contributed by atoms with Gasteiger partial charge in [-0.05, 0) is 45.1 Å². The van der Waals surface area contributed by atoms with Gasteiger partial charge in [0.15, 0.2) is 0 Å². The van der Waals surface area contributed by atoms with E-state index in [1.165, 1.54) is 6.20 Å². The normalized spacial score (nSPS) is 22.9. The Morgan fingerprint density at radius 3 is 2.67 bits per heavy atom. The van der Waals surface area contributed by atoms with Gasteiger partial charge in [0.25, 0.3) is 5.91 Å². The molecule has 0 unspecified atom stereocenters. The summed E-state index contributed by atoms with van der Waals surface area (Å²) in [5.41, 5.74) is 0.995. The molecule has 2 fully saturated rings. The molecule has 27 heavy (non-hydrogen) atoms. The first-order valence-electron chi connectivity index (χ1n) is 9.61. The van der Waals surface area contributed by atoms with Crippen LogP contribution in [0, 0.1) is 12.8 Å². The van der Waals surface area contributed by atoms with Gasteiger partial charge in [-0.2, -0.15) is 0 Å². The molecule has 7 heteroatoms. The molecule has 0 aromatic carbocycles. The lowest BCUT2D eigenvalue weighted by Gasteiger charge is -2.27. The number of aryl methyl sites for hydroxylation is 1. The number of likely N-dealkylation sites (tertiary alicyclic amines) is 1. The van der Waals surface area contributed by atoms with Crippen molar-refractivity contribution < 1.29 is 23.9 Å². The van der Waals surface area contributed by atoms with E-state index < -0.39 is 12.0 Å². The minimum atomic E-state index is -0.582. The average molecular weight is 374 g/mol. The fourth-order valence-electron chi connectivity index (χ4n) is 3.62. The Balaban J connectivity index is 1.84. The molecule has 0 spiro atoms. The number of pyridine rings is 1. The molecule has 1 aromatic heterocycles. The molecular formula is C20H26N2O5. The van der Waals surface area contributed by atoms with Gasteiger partial charge in [-0.15, -0.1) is 0 Å². The molecule has 1 amide bonds. The van der Waals surface area contributed by atoms with Crippen molar-refractivity contribution in [2.45, 2.75) is 58.5 Å². The van der Waals surface area contributed by atoms with Crippen LogP contribution in [0.2, 0.25) is 0 Å². The van der Waals surface area contributed by atoms with Gasteiger partial charge in [-0.1, -0.05) is 13.3 Å². The first-order valence-corrected chi connectivity index (χ1v) is 9.61. The molecule has 1 aliphatic heterocycles. The van der Waals surface area contributed by atoms with Gasteiger partial charge in [0, 0.05) is 17.9 Å². The second-order valence-electron chi connectivity index (χ2n) is 7.14. The van der Waals surface area contributed by atoms with Crippen LogP contribution in [0.1, 0.15) is 65.9 Å². The lowest BCUT2D eigenvalue weighted by atomic mass is 10.1. The summed E-state index contributed by atoms with van der Waals surface area (Å²) >= 11 is 0. The van der Waals surface area contributed by atoms with E-state index in [0.29, 0.717) is 24.6 Å². The average Bonchev–Trinajstić information content (AvgIpc) is 3.31. The topological polar surface area (TPSA) is 85.8 Å². The Morgan fingerprint density at radius 1 is 1.19 bits per heavy atom. The fraction of sp³-hybridized carbons (Fsp3) is 0.600. The van der Waals surface area contributed by atoms with E-state index in [9.17, 15) is 14.4 Å². The number of amides is 1. The third-order valence-electron chi connectivity index (χ3n) is 5.12. The molecule has 2 heterocycles. The molecular weight excluding hydrogens is 348 g/mol. The molecule has 7 nitrogen and oxygen atoms in total. The Kier molecular flexibility index (Phi) is 5.77. The standard InChI is InChI=1S/C20H26N2O5/c1-4-6-7-27-20(25)17-10-13-9-16(13)22(17)18(23)14-8-12(3)21-11-15(14)19(24)26-5-2/h8,11,13,16-17H,4-7,9-10H2,1-3H3/t13-,16-,17-/m1/s1. The van der Waals surface area contributed by atoms with Crippen LogP contribution in [-0.4, -0.2) is 53.0 Å². The molecule has 146 valence electrons. The van der Waals surface area contributed by atoms with Crippen LogP contribution in [0.4, 0.5) is 0 Å². The third kappa shape index (κ3) is 3.96. The summed E-state index contributed by atoms with van der Waals surface area (Å²) in [6.45, 7) is 6.06. The third-order valence-corrected chi connectivity index (χ3v) is 5.12. The molecule has 0 N–H and O–H groups in total. The van der Waals surface area contributed by atoms with E-state index in [1.54, 1.807) is 24.8 Å². The second-order valence-corrected chi connectivity index (χ2v) is 7.14. The van der Waals surface area contributed by atoms with Gasteiger partial charge in [0.1, 0.15) is 6.04 Å². The number of esters is 2. The highest BCUT2D eigenvalue weighted by atomic mass is 16.5. The number of ether oxygens (including phenoxy) is 2.